The molecule has 1 heterocycles. The highest BCUT2D eigenvalue weighted by atomic mass is 79.9. The molecular weight excluding hydrogens is 656 g/mol. The summed E-state index contributed by atoms with van der Waals surface area (Å²) in [5.74, 6) is 0.0770. The molecule has 0 radical (unpaired) electrons. The summed E-state index contributed by atoms with van der Waals surface area (Å²) in [6.07, 6.45) is 1.47. The van der Waals surface area contributed by atoms with E-state index in [2.05, 4.69) is 37.1 Å². The zero-order chi connectivity index (χ0) is 31.6. The Morgan fingerprint density at radius 3 is 2.52 bits per heavy atom. The molecule has 11 nitrogen and oxygen atoms in total. The van der Waals surface area contributed by atoms with Gasteiger partial charge >= 0.3 is 12.0 Å². The van der Waals surface area contributed by atoms with Crippen molar-refractivity contribution < 1.29 is 33.3 Å². The molecule has 0 bridgehead atoms. The van der Waals surface area contributed by atoms with Crippen LogP contribution in [-0.2, 0) is 20.9 Å². The number of rotatable bonds is 12. The van der Waals surface area contributed by atoms with Gasteiger partial charge in [0.05, 0.1) is 31.5 Å². The fourth-order valence-corrected chi connectivity index (χ4v) is 4.75. The molecule has 13 heteroatoms. The van der Waals surface area contributed by atoms with Gasteiger partial charge in [0.2, 0.25) is 0 Å². The summed E-state index contributed by atoms with van der Waals surface area (Å²) in [4.78, 5) is 37.3. The molecule has 3 aromatic carbocycles. The van der Waals surface area contributed by atoms with Crippen LogP contribution in [0.1, 0.15) is 36.6 Å². The number of esters is 1. The molecule has 3 amide bonds. The molecule has 0 aromatic heterocycles. The van der Waals surface area contributed by atoms with Gasteiger partial charge in [-0.1, -0.05) is 45.7 Å². The number of hydrogen-bond acceptors (Lipinski definition) is 8. The standard InChI is InChI=1S/C31H30BrClN4O7/c1-4-42-30(39)28-18(2)35-31(40)36-29(28)20-7-11-25(26(14-20)41-3)44-17-27(38)37-34-15-21-13-22(32)8-12-24(21)43-16-19-5-9-23(33)10-6-19/h5-15,29H,4,16-17H2,1-3H3,(H,37,38)(H2,35,36,40)/b34-15-/t29-/m0/s1. The molecule has 1 atom stereocenters. The van der Waals surface area contributed by atoms with Gasteiger partial charge in [-0.05, 0) is 67.4 Å². The summed E-state index contributed by atoms with van der Waals surface area (Å²) in [6, 6.07) is 16.4. The Balaban J connectivity index is 1.39. The predicted molar refractivity (Wildman–Crippen MR) is 168 cm³/mol. The number of halogens is 2. The van der Waals surface area contributed by atoms with Gasteiger partial charge in [-0.2, -0.15) is 5.10 Å². The molecule has 0 saturated heterocycles. The maximum atomic E-state index is 12.6. The minimum absolute atomic E-state index is 0.181. The number of nitrogens with zero attached hydrogens (tertiary/aromatic N) is 1. The second-order valence-corrected chi connectivity index (χ2v) is 10.7. The average Bonchev–Trinajstić information content (AvgIpc) is 3.00. The molecule has 0 saturated carbocycles. The third-order valence-corrected chi connectivity index (χ3v) is 7.06. The van der Waals surface area contributed by atoms with Crippen LogP contribution in [-0.4, -0.2) is 44.4 Å². The molecule has 0 unspecified atom stereocenters. The Labute approximate surface area is 267 Å². The summed E-state index contributed by atoms with van der Waals surface area (Å²) in [6.45, 7) is 3.47. The number of nitrogens with one attached hydrogen (secondary N) is 3. The largest absolute Gasteiger partial charge is 0.493 e. The van der Waals surface area contributed by atoms with Crippen LogP contribution in [0.25, 0.3) is 0 Å². The Kier molecular flexibility index (Phi) is 11.2. The van der Waals surface area contributed by atoms with Crippen molar-refractivity contribution in [1.82, 2.24) is 16.1 Å². The molecular formula is C31H30BrClN4O7. The van der Waals surface area contributed by atoms with Crippen molar-refractivity contribution in [2.45, 2.75) is 26.5 Å². The first-order valence-electron chi connectivity index (χ1n) is 13.4. The SMILES string of the molecule is CCOC(=O)C1=C(C)NC(=O)N[C@H]1c1ccc(OCC(=O)N/N=C\c2cc(Br)ccc2OCc2ccc(Cl)cc2)c(OC)c1. The van der Waals surface area contributed by atoms with Crippen LogP contribution in [0.2, 0.25) is 5.02 Å². The van der Waals surface area contributed by atoms with Crippen LogP contribution in [0.4, 0.5) is 4.79 Å². The zero-order valence-electron chi connectivity index (χ0n) is 24.1. The van der Waals surface area contributed by atoms with Crippen LogP contribution < -0.4 is 30.3 Å². The lowest BCUT2D eigenvalue weighted by atomic mass is 9.95. The summed E-state index contributed by atoms with van der Waals surface area (Å²) in [7, 11) is 1.44. The van der Waals surface area contributed by atoms with Crippen LogP contribution in [0, 0.1) is 0 Å². The van der Waals surface area contributed by atoms with E-state index in [1.807, 2.05) is 24.3 Å². The Morgan fingerprint density at radius 1 is 1.05 bits per heavy atom. The van der Waals surface area contributed by atoms with Crippen LogP contribution in [0.5, 0.6) is 17.2 Å². The number of benzene rings is 3. The van der Waals surface area contributed by atoms with E-state index >= 15 is 0 Å². The number of amides is 3. The molecule has 1 aliphatic rings. The molecule has 44 heavy (non-hydrogen) atoms. The van der Waals surface area contributed by atoms with Crippen LogP contribution in [0.3, 0.4) is 0 Å². The molecule has 230 valence electrons. The third-order valence-electron chi connectivity index (χ3n) is 6.32. The maximum Gasteiger partial charge on any atom is 0.338 e. The molecule has 0 fully saturated rings. The number of methoxy groups -OCH3 is 1. The van der Waals surface area contributed by atoms with Crippen molar-refractivity contribution in [3.8, 4) is 17.2 Å². The highest BCUT2D eigenvalue weighted by molar-refractivity contribution is 9.10. The van der Waals surface area contributed by atoms with E-state index < -0.39 is 23.9 Å². The third kappa shape index (κ3) is 8.51. The van der Waals surface area contributed by atoms with Gasteiger partial charge in [0.15, 0.2) is 18.1 Å². The smallest absolute Gasteiger partial charge is 0.338 e. The van der Waals surface area contributed by atoms with E-state index in [0.29, 0.717) is 40.0 Å². The lowest BCUT2D eigenvalue weighted by molar-refractivity contribution is -0.139. The summed E-state index contributed by atoms with van der Waals surface area (Å²) >= 11 is 9.39. The normalized spacial score (nSPS) is 14.5. The predicted octanol–water partition coefficient (Wildman–Crippen LogP) is 5.41. The van der Waals surface area contributed by atoms with Crippen LogP contribution >= 0.6 is 27.5 Å². The maximum absolute atomic E-state index is 12.6. The van der Waals surface area contributed by atoms with E-state index in [0.717, 1.165) is 10.0 Å². The molecule has 1 aliphatic heterocycles. The van der Waals surface area contributed by atoms with Gasteiger partial charge in [0, 0.05) is 20.8 Å². The molecule has 4 rings (SSSR count). The molecule has 3 N–H and O–H groups in total. The average molecular weight is 686 g/mol. The quantitative estimate of drug-likeness (QED) is 0.132. The van der Waals surface area contributed by atoms with Gasteiger partial charge in [-0.3, -0.25) is 4.79 Å². The van der Waals surface area contributed by atoms with Crippen LogP contribution in [0.15, 0.2) is 81.5 Å². The van der Waals surface area contributed by atoms with E-state index in [-0.39, 0.29) is 24.5 Å². The number of ether oxygens (including phenoxy) is 4. The minimum Gasteiger partial charge on any atom is -0.493 e. The van der Waals surface area contributed by atoms with Gasteiger partial charge in [0.25, 0.3) is 5.91 Å². The first kappa shape index (κ1) is 32.4. The van der Waals surface area contributed by atoms with Gasteiger partial charge in [-0.15, -0.1) is 0 Å². The van der Waals surface area contributed by atoms with Crippen molar-refractivity contribution in [2.75, 3.05) is 20.3 Å². The zero-order valence-corrected chi connectivity index (χ0v) is 26.5. The van der Waals surface area contributed by atoms with Gasteiger partial charge < -0.3 is 29.6 Å². The molecule has 3 aromatic rings. The van der Waals surface area contributed by atoms with E-state index in [4.69, 9.17) is 30.5 Å². The molecule has 0 spiro atoms. The molecule has 0 aliphatic carbocycles. The number of carbonyl (C=O) groups excluding carboxylic acids is 3. The summed E-state index contributed by atoms with van der Waals surface area (Å²) in [5, 5.41) is 10.0. The number of urea groups is 1. The highest BCUT2D eigenvalue weighted by Crippen LogP contribution is 2.34. The van der Waals surface area contributed by atoms with Crippen molar-refractivity contribution in [2.24, 2.45) is 5.10 Å². The second-order valence-electron chi connectivity index (χ2n) is 9.38. The van der Waals surface area contributed by atoms with Gasteiger partial charge in [0.1, 0.15) is 12.4 Å². The lowest BCUT2D eigenvalue weighted by Crippen LogP contribution is -2.45. The van der Waals surface area contributed by atoms with E-state index in [1.165, 1.54) is 13.3 Å². The van der Waals surface area contributed by atoms with E-state index in [1.54, 1.807) is 50.2 Å². The first-order valence-corrected chi connectivity index (χ1v) is 14.6. The number of carbonyl (C=O) groups is 3. The highest BCUT2D eigenvalue weighted by Gasteiger charge is 2.32. The monoisotopic (exact) mass is 684 g/mol. The van der Waals surface area contributed by atoms with Crippen molar-refractivity contribution >= 4 is 51.7 Å². The first-order chi connectivity index (χ1) is 21.2. The Bertz CT molecular complexity index is 1590. The topological polar surface area (TPSA) is 137 Å². The minimum atomic E-state index is -0.776. The van der Waals surface area contributed by atoms with Crippen molar-refractivity contribution in [1.29, 1.82) is 0 Å². The van der Waals surface area contributed by atoms with E-state index in [9.17, 15) is 14.4 Å². The number of hydrazone groups is 1. The Hall–Kier alpha value is -4.55. The lowest BCUT2D eigenvalue weighted by Gasteiger charge is -2.28. The fraction of sp³-hybridized carbons (Fsp3) is 0.226. The fourth-order valence-electron chi connectivity index (χ4n) is 4.25. The summed E-state index contributed by atoms with van der Waals surface area (Å²) in [5.41, 5.74) is 5.23. The number of allylic oxidation sites excluding steroid dienone is 1. The van der Waals surface area contributed by atoms with Crippen molar-refractivity contribution in [3.05, 3.63) is 98.1 Å². The van der Waals surface area contributed by atoms with Gasteiger partial charge in [-0.25, -0.2) is 15.0 Å². The number of hydrogen-bond donors (Lipinski definition) is 3. The summed E-state index contributed by atoms with van der Waals surface area (Å²) < 4.78 is 23.1. The van der Waals surface area contributed by atoms with Crippen molar-refractivity contribution in [3.63, 3.8) is 0 Å². The Morgan fingerprint density at radius 2 is 1.80 bits per heavy atom. The second kappa shape index (κ2) is 15.3.